The average Bonchev–Trinajstić information content (AvgIpc) is 3.07. The van der Waals surface area contributed by atoms with E-state index in [2.05, 4.69) is 20.5 Å². The summed E-state index contributed by atoms with van der Waals surface area (Å²) in [7, 11) is 0. The highest BCUT2D eigenvalue weighted by Crippen LogP contribution is 2.22. The van der Waals surface area contributed by atoms with Crippen LogP contribution in [0.15, 0.2) is 6.20 Å². The molecule has 0 radical (unpaired) electrons. The molecule has 18 heavy (non-hydrogen) atoms. The van der Waals surface area contributed by atoms with E-state index in [9.17, 15) is 0 Å². The van der Waals surface area contributed by atoms with Gasteiger partial charge in [-0.05, 0) is 6.42 Å². The van der Waals surface area contributed by atoms with Crippen molar-refractivity contribution in [3.8, 4) is 0 Å². The van der Waals surface area contributed by atoms with Crippen molar-refractivity contribution < 1.29 is 4.74 Å². The van der Waals surface area contributed by atoms with Crippen molar-refractivity contribution in [3.05, 3.63) is 16.9 Å². The largest absolute Gasteiger partial charge is 0.381 e. The summed E-state index contributed by atoms with van der Waals surface area (Å²) in [6, 6.07) is 0. The molecule has 0 saturated carbocycles. The second-order valence-electron chi connectivity index (χ2n) is 4.25. The highest BCUT2D eigenvalue weighted by atomic mass is 32.1. The summed E-state index contributed by atoms with van der Waals surface area (Å²) in [5, 5.41) is 17.5. The third-order valence-corrected chi connectivity index (χ3v) is 3.75. The van der Waals surface area contributed by atoms with Gasteiger partial charge in [0.15, 0.2) is 0 Å². The third-order valence-electron chi connectivity index (χ3n) is 2.94. The first-order valence-electron chi connectivity index (χ1n) is 5.87. The third kappa shape index (κ3) is 2.49. The number of nitrogens with two attached hydrogens (primary N) is 1. The Labute approximate surface area is 108 Å². The number of nitrogen functional groups attached to an aromatic ring is 1. The van der Waals surface area contributed by atoms with Crippen molar-refractivity contribution in [3.63, 3.8) is 0 Å². The quantitative estimate of drug-likeness (QED) is 0.864. The van der Waals surface area contributed by atoms with E-state index >= 15 is 0 Å². The molecule has 3 rings (SSSR count). The zero-order valence-electron chi connectivity index (χ0n) is 9.82. The van der Waals surface area contributed by atoms with Crippen LogP contribution in [0.4, 0.5) is 5.13 Å². The molecule has 0 spiro atoms. The van der Waals surface area contributed by atoms with E-state index in [0.717, 1.165) is 43.3 Å². The van der Waals surface area contributed by atoms with Crippen LogP contribution in [0.5, 0.6) is 0 Å². The number of ether oxygens (including phenoxy) is 1. The molecule has 96 valence electrons. The summed E-state index contributed by atoms with van der Waals surface area (Å²) in [4.78, 5) is 0. The van der Waals surface area contributed by atoms with E-state index in [4.69, 9.17) is 10.5 Å². The molecule has 1 saturated heterocycles. The Morgan fingerprint density at radius 2 is 2.39 bits per heavy atom. The van der Waals surface area contributed by atoms with Crippen LogP contribution in [0, 0.1) is 0 Å². The second-order valence-corrected chi connectivity index (χ2v) is 5.34. The van der Waals surface area contributed by atoms with E-state index in [1.165, 1.54) is 11.3 Å². The topological polar surface area (TPSA) is 91.7 Å². The number of hydrogen-bond acceptors (Lipinski definition) is 7. The Balaban J connectivity index is 1.59. The molecular weight excluding hydrogens is 252 g/mol. The lowest BCUT2D eigenvalue weighted by Gasteiger charge is -2.00. The second kappa shape index (κ2) is 4.99. The SMILES string of the molecule is Nc1nnc(CCn2cc([C@@H]3CCOC3)nn2)s1. The molecule has 1 aliphatic rings. The zero-order chi connectivity index (χ0) is 12.4. The number of aromatic nitrogens is 5. The van der Waals surface area contributed by atoms with Crippen LogP contribution in [0.1, 0.15) is 23.0 Å². The monoisotopic (exact) mass is 266 g/mol. The van der Waals surface area contributed by atoms with Crippen molar-refractivity contribution in [1.29, 1.82) is 0 Å². The molecular formula is C10H14N6OS. The van der Waals surface area contributed by atoms with Crippen molar-refractivity contribution in [2.75, 3.05) is 18.9 Å². The van der Waals surface area contributed by atoms with E-state index in [0.29, 0.717) is 11.0 Å². The van der Waals surface area contributed by atoms with E-state index < -0.39 is 0 Å². The summed E-state index contributed by atoms with van der Waals surface area (Å²) >= 11 is 1.41. The van der Waals surface area contributed by atoms with Gasteiger partial charge in [0.25, 0.3) is 0 Å². The van der Waals surface area contributed by atoms with Gasteiger partial charge in [-0.25, -0.2) is 0 Å². The lowest BCUT2D eigenvalue weighted by molar-refractivity contribution is 0.193. The van der Waals surface area contributed by atoms with Crippen LogP contribution < -0.4 is 5.73 Å². The number of hydrogen-bond donors (Lipinski definition) is 1. The minimum atomic E-state index is 0.399. The first kappa shape index (κ1) is 11.5. The maximum atomic E-state index is 5.53. The Morgan fingerprint density at radius 3 is 3.11 bits per heavy atom. The average molecular weight is 266 g/mol. The first-order valence-corrected chi connectivity index (χ1v) is 6.68. The molecule has 0 bridgehead atoms. The van der Waals surface area contributed by atoms with Crippen LogP contribution in [-0.2, 0) is 17.7 Å². The Bertz CT molecular complexity index is 518. The Morgan fingerprint density at radius 1 is 1.44 bits per heavy atom. The van der Waals surface area contributed by atoms with Gasteiger partial charge in [0.1, 0.15) is 5.01 Å². The van der Waals surface area contributed by atoms with Crippen LogP contribution in [-0.4, -0.2) is 38.4 Å². The fourth-order valence-electron chi connectivity index (χ4n) is 1.96. The van der Waals surface area contributed by atoms with Gasteiger partial charge in [0.2, 0.25) is 5.13 Å². The number of anilines is 1. The van der Waals surface area contributed by atoms with Crippen molar-refractivity contribution in [2.45, 2.75) is 25.3 Å². The molecule has 2 aromatic heterocycles. The van der Waals surface area contributed by atoms with Gasteiger partial charge in [0, 0.05) is 31.7 Å². The van der Waals surface area contributed by atoms with Crippen LogP contribution in [0.25, 0.3) is 0 Å². The van der Waals surface area contributed by atoms with E-state index in [1.54, 1.807) is 0 Å². The standard InChI is InChI=1S/C10H14N6OS/c11-10-14-13-9(18-10)1-3-16-5-8(12-15-16)7-2-4-17-6-7/h5,7H,1-4,6H2,(H2,11,14)/t7-/m1/s1. The summed E-state index contributed by atoms with van der Waals surface area (Å²) in [5.41, 5.74) is 6.55. The summed E-state index contributed by atoms with van der Waals surface area (Å²) in [5.74, 6) is 0.399. The predicted octanol–water partition coefficient (Wildman–Crippen LogP) is 0.458. The van der Waals surface area contributed by atoms with Gasteiger partial charge in [-0.15, -0.1) is 15.3 Å². The summed E-state index contributed by atoms with van der Waals surface area (Å²) in [6.07, 6.45) is 3.80. The molecule has 3 heterocycles. The zero-order valence-corrected chi connectivity index (χ0v) is 10.6. The number of nitrogens with zero attached hydrogens (tertiary/aromatic N) is 5. The highest BCUT2D eigenvalue weighted by Gasteiger charge is 2.20. The summed E-state index contributed by atoms with van der Waals surface area (Å²) < 4.78 is 7.18. The van der Waals surface area contributed by atoms with Gasteiger partial charge in [0.05, 0.1) is 12.3 Å². The molecule has 1 atom stereocenters. The predicted molar refractivity (Wildman–Crippen MR) is 66.2 cm³/mol. The van der Waals surface area contributed by atoms with Crippen LogP contribution in [0.2, 0.25) is 0 Å². The molecule has 0 amide bonds. The molecule has 8 heteroatoms. The van der Waals surface area contributed by atoms with Gasteiger partial charge in [-0.2, -0.15) is 0 Å². The van der Waals surface area contributed by atoms with Crippen molar-refractivity contribution in [1.82, 2.24) is 25.2 Å². The molecule has 7 nitrogen and oxygen atoms in total. The minimum Gasteiger partial charge on any atom is -0.381 e. The lowest BCUT2D eigenvalue weighted by Crippen LogP contribution is -2.02. The van der Waals surface area contributed by atoms with Crippen molar-refractivity contribution in [2.24, 2.45) is 0 Å². The molecule has 1 aliphatic heterocycles. The molecule has 1 fully saturated rings. The smallest absolute Gasteiger partial charge is 0.203 e. The Kier molecular flexibility index (Phi) is 3.20. The van der Waals surface area contributed by atoms with Gasteiger partial charge >= 0.3 is 0 Å². The fourth-order valence-corrected chi connectivity index (χ4v) is 2.55. The number of rotatable bonds is 4. The molecule has 0 aromatic carbocycles. The maximum Gasteiger partial charge on any atom is 0.203 e. The number of aryl methyl sites for hydroxylation is 2. The first-order chi connectivity index (χ1) is 8.81. The molecule has 0 aliphatic carbocycles. The molecule has 0 unspecified atom stereocenters. The van der Waals surface area contributed by atoms with Gasteiger partial charge in [-0.1, -0.05) is 16.6 Å². The fraction of sp³-hybridized carbons (Fsp3) is 0.600. The van der Waals surface area contributed by atoms with Crippen LogP contribution in [0.3, 0.4) is 0 Å². The van der Waals surface area contributed by atoms with Gasteiger partial charge < -0.3 is 10.5 Å². The minimum absolute atomic E-state index is 0.399. The van der Waals surface area contributed by atoms with Crippen LogP contribution >= 0.6 is 11.3 Å². The van der Waals surface area contributed by atoms with E-state index in [1.807, 2.05) is 10.9 Å². The Hall–Kier alpha value is -1.54. The molecule has 2 N–H and O–H groups in total. The summed E-state index contributed by atoms with van der Waals surface area (Å²) in [6.45, 7) is 2.32. The van der Waals surface area contributed by atoms with Gasteiger partial charge in [-0.3, -0.25) is 4.68 Å². The highest BCUT2D eigenvalue weighted by molar-refractivity contribution is 7.15. The lowest BCUT2D eigenvalue weighted by atomic mass is 10.1. The maximum absolute atomic E-state index is 5.53. The molecule has 2 aromatic rings. The van der Waals surface area contributed by atoms with Crippen molar-refractivity contribution >= 4 is 16.5 Å². The normalized spacial score (nSPS) is 19.4. The van der Waals surface area contributed by atoms with E-state index in [-0.39, 0.29) is 0 Å².